The van der Waals surface area contributed by atoms with Gasteiger partial charge in [0.1, 0.15) is 0 Å². The highest BCUT2D eigenvalue weighted by Gasteiger charge is 2.32. The van der Waals surface area contributed by atoms with E-state index in [2.05, 4.69) is 0 Å². The highest BCUT2D eigenvalue weighted by Crippen LogP contribution is 2.55. The fourth-order valence-corrected chi connectivity index (χ4v) is 4.31. The summed E-state index contributed by atoms with van der Waals surface area (Å²) < 4.78 is 16.9. The van der Waals surface area contributed by atoms with Gasteiger partial charge >= 0.3 is 6.72 Å². The Labute approximate surface area is 110 Å². The molecule has 0 unspecified atom stereocenters. The van der Waals surface area contributed by atoms with Gasteiger partial charge in [-0.15, -0.1) is 0 Å². The van der Waals surface area contributed by atoms with E-state index >= 15 is 0 Å². The Bertz CT molecular complexity index is 305. The number of nitrogens with zero attached hydrogens (tertiary/aromatic N) is 1. The monoisotopic (exact) mass is 279 g/mol. The summed E-state index contributed by atoms with van der Waals surface area (Å²) in [5.41, 5.74) is -0.874. The molecular weight excluding hydrogens is 257 g/mol. The van der Waals surface area contributed by atoms with Gasteiger partial charge < -0.3 is 13.6 Å². The highest BCUT2D eigenvalue weighted by atomic mass is 32.5. The molecule has 0 fully saturated rings. The van der Waals surface area contributed by atoms with Crippen LogP contribution in [0.25, 0.3) is 0 Å². The third kappa shape index (κ3) is 9.70. The summed E-state index contributed by atoms with van der Waals surface area (Å²) in [4.78, 5) is 0. The van der Waals surface area contributed by atoms with Crippen LogP contribution in [0.1, 0.15) is 48.0 Å². The average molecular weight is 279 g/mol. The molecule has 0 N–H and O–H groups in total. The van der Waals surface area contributed by atoms with Crippen molar-refractivity contribution < 1.29 is 13.6 Å². The van der Waals surface area contributed by atoms with Gasteiger partial charge in [0.25, 0.3) is 0 Å². The minimum atomic E-state index is -2.81. The summed E-state index contributed by atoms with van der Waals surface area (Å²) in [5, 5.41) is 8.49. The molecule has 0 aromatic carbocycles. The Balaban J connectivity index is 4.71. The number of hydrogen-bond donors (Lipinski definition) is 0. The normalized spacial score (nSPS) is 13.5. The predicted octanol–water partition coefficient (Wildman–Crippen LogP) is 3.77. The minimum absolute atomic E-state index is 0.236. The molecule has 0 bridgehead atoms. The third-order valence-corrected chi connectivity index (χ3v) is 4.04. The van der Waals surface area contributed by atoms with Crippen LogP contribution in [0.3, 0.4) is 0 Å². The van der Waals surface area contributed by atoms with E-state index < -0.39 is 17.9 Å². The topological polar surface area (TPSA) is 51.5 Å². The first-order chi connectivity index (χ1) is 7.47. The maximum Gasteiger partial charge on any atom is 0.328 e. The fourth-order valence-electron chi connectivity index (χ4n) is 0.945. The third-order valence-electron chi connectivity index (χ3n) is 1.23. The molecule has 0 spiro atoms. The summed E-state index contributed by atoms with van der Waals surface area (Å²) in [6.07, 6.45) is 0.277. The predicted molar refractivity (Wildman–Crippen MR) is 72.1 cm³/mol. The van der Waals surface area contributed by atoms with E-state index in [1.807, 2.05) is 47.6 Å². The van der Waals surface area contributed by atoms with E-state index in [-0.39, 0.29) is 13.0 Å². The summed E-state index contributed by atoms with van der Waals surface area (Å²) in [6, 6.07) is 2.00. The second-order valence-electron chi connectivity index (χ2n) is 5.60. The van der Waals surface area contributed by atoms with Gasteiger partial charge in [-0.2, -0.15) is 5.26 Å². The van der Waals surface area contributed by atoms with Gasteiger partial charge in [0.05, 0.1) is 30.3 Å². The first kappa shape index (κ1) is 17.0. The van der Waals surface area contributed by atoms with E-state index in [1.54, 1.807) is 0 Å². The quantitative estimate of drug-likeness (QED) is 0.566. The standard InChI is InChI=1S/C11H22NO3PS/c1-10(2,3)14-16(17,13-9-7-8-12)15-11(4,5)6/h7,9H2,1-6H3. The van der Waals surface area contributed by atoms with Crippen molar-refractivity contribution >= 4 is 18.5 Å². The van der Waals surface area contributed by atoms with Crippen molar-refractivity contribution in [2.75, 3.05) is 6.61 Å². The van der Waals surface area contributed by atoms with E-state index in [0.717, 1.165) is 0 Å². The molecule has 0 aliphatic rings. The van der Waals surface area contributed by atoms with Crippen molar-refractivity contribution in [2.45, 2.75) is 59.2 Å². The lowest BCUT2D eigenvalue weighted by Gasteiger charge is -2.33. The molecule has 6 heteroatoms. The van der Waals surface area contributed by atoms with E-state index in [0.29, 0.717) is 0 Å². The zero-order chi connectivity index (χ0) is 13.7. The highest BCUT2D eigenvalue weighted by molar-refractivity contribution is 8.07. The Hall–Kier alpha value is 0.0200. The Kier molecular flexibility index (Phi) is 6.27. The summed E-state index contributed by atoms with van der Waals surface area (Å²) in [6.45, 7) is 8.81. The maximum atomic E-state index is 8.49. The van der Waals surface area contributed by atoms with Crippen LogP contribution in [0, 0.1) is 11.3 Å². The number of hydrogen-bond acceptors (Lipinski definition) is 5. The van der Waals surface area contributed by atoms with Gasteiger partial charge in [-0.05, 0) is 53.3 Å². The lowest BCUT2D eigenvalue weighted by Crippen LogP contribution is -2.24. The molecule has 0 saturated heterocycles. The molecule has 0 heterocycles. The molecule has 0 aromatic rings. The van der Waals surface area contributed by atoms with E-state index in [4.69, 9.17) is 30.6 Å². The Morgan fingerprint density at radius 1 is 1.06 bits per heavy atom. The van der Waals surface area contributed by atoms with Crippen molar-refractivity contribution in [3.8, 4) is 6.07 Å². The minimum Gasteiger partial charge on any atom is -0.308 e. The number of nitriles is 1. The summed E-state index contributed by atoms with van der Waals surface area (Å²) in [7, 11) is 0. The fraction of sp³-hybridized carbons (Fsp3) is 0.909. The SMILES string of the molecule is CC(C)(C)OP(=S)(OCCC#N)OC(C)(C)C. The molecule has 0 aliphatic heterocycles. The molecule has 0 aromatic heterocycles. The molecule has 0 atom stereocenters. The van der Waals surface area contributed by atoms with Gasteiger partial charge in [0, 0.05) is 0 Å². The molecular formula is C11H22NO3PS. The van der Waals surface area contributed by atoms with Crippen LogP contribution in [0.5, 0.6) is 0 Å². The van der Waals surface area contributed by atoms with Gasteiger partial charge in [-0.25, -0.2) is 0 Å². The second kappa shape index (κ2) is 6.26. The van der Waals surface area contributed by atoms with Gasteiger partial charge in [0.2, 0.25) is 0 Å². The van der Waals surface area contributed by atoms with Crippen LogP contribution in [-0.4, -0.2) is 17.8 Å². The van der Waals surface area contributed by atoms with Gasteiger partial charge in [-0.3, -0.25) is 0 Å². The molecule has 0 amide bonds. The largest absolute Gasteiger partial charge is 0.328 e. The van der Waals surface area contributed by atoms with Crippen molar-refractivity contribution in [3.63, 3.8) is 0 Å². The molecule has 0 radical (unpaired) electrons. The molecule has 0 aliphatic carbocycles. The number of rotatable bonds is 5. The van der Waals surface area contributed by atoms with Crippen LogP contribution in [-0.2, 0) is 25.4 Å². The molecule has 0 rings (SSSR count). The smallest absolute Gasteiger partial charge is 0.308 e. The van der Waals surface area contributed by atoms with Crippen LogP contribution in [0.2, 0.25) is 0 Å². The van der Waals surface area contributed by atoms with Crippen LogP contribution < -0.4 is 0 Å². The Morgan fingerprint density at radius 2 is 1.47 bits per heavy atom. The van der Waals surface area contributed by atoms with Crippen LogP contribution >= 0.6 is 6.72 Å². The van der Waals surface area contributed by atoms with Crippen molar-refractivity contribution in [1.82, 2.24) is 0 Å². The summed E-state index contributed by atoms with van der Waals surface area (Å²) in [5.74, 6) is 0. The maximum absolute atomic E-state index is 8.49. The summed E-state index contributed by atoms with van der Waals surface area (Å²) >= 11 is 5.35. The first-order valence-electron chi connectivity index (χ1n) is 5.50. The second-order valence-corrected chi connectivity index (χ2v) is 8.46. The van der Waals surface area contributed by atoms with Crippen molar-refractivity contribution in [2.24, 2.45) is 0 Å². The average Bonchev–Trinajstić information content (AvgIpc) is 1.96. The molecule has 4 nitrogen and oxygen atoms in total. The van der Waals surface area contributed by atoms with Gasteiger partial charge in [0.15, 0.2) is 0 Å². The molecule has 17 heavy (non-hydrogen) atoms. The zero-order valence-corrected chi connectivity index (χ0v) is 13.2. The van der Waals surface area contributed by atoms with Gasteiger partial charge in [-0.1, -0.05) is 0 Å². The molecule has 0 saturated carbocycles. The lowest BCUT2D eigenvalue weighted by molar-refractivity contribution is 0.0312. The molecule has 100 valence electrons. The van der Waals surface area contributed by atoms with Crippen molar-refractivity contribution in [1.29, 1.82) is 5.26 Å². The zero-order valence-electron chi connectivity index (χ0n) is 11.4. The van der Waals surface area contributed by atoms with Crippen LogP contribution in [0.4, 0.5) is 0 Å². The first-order valence-corrected chi connectivity index (χ1v) is 8.06. The van der Waals surface area contributed by atoms with E-state index in [1.165, 1.54) is 0 Å². The van der Waals surface area contributed by atoms with Crippen LogP contribution in [0.15, 0.2) is 0 Å². The lowest BCUT2D eigenvalue weighted by atomic mass is 10.2. The Morgan fingerprint density at radius 3 is 1.76 bits per heavy atom. The van der Waals surface area contributed by atoms with Crippen molar-refractivity contribution in [3.05, 3.63) is 0 Å². The van der Waals surface area contributed by atoms with E-state index in [9.17, 15) is 0 Å².